The van der Waals surface area contributed by atoms with Crippen molar-refractivity contribution in [3.8, 4) is 0 Å². The van der Waals surface area contributed by atoms with Gasteiger partial charge in [-0.3, -0.25) is 13.9 Å². The molecule has 0 aliphatic heterocycles. The summed E-state index contributed by atoms with van der Waals surface area (Å²) in [5, 5.41) is 3.09. The van der Waals surface area contributed by atoms with Gasteiger partial charge in [-0.1, -0.05) is 61.2 Å². The van der Waals surface area contributed by atoms with Gasteiger partial charge in [0.1, 0.15) is 18.4 Å². The SMILES string of the molecule is Cc1ccc(S(=O)(=O)N(CC(=O)N(Cc2ccc(F)cc2)C(C)C(=O)NC2CCCCC2)c2cc(C)ccc2C)cc1. The second-order valence-electron chi connectivity index (χ2n) is 11.3. The molecule has 42 heavy (non-hydrogen) atoms. The third-order valence-corrected chi connectivity index (χ3v) is 9.68. The molecule has 9 heteroatoms. The zero-order valence-corrected chi connectivity index (χ0v) is 25.6. The summed E-state index contributed by atoms with van der Waals surface area (Å²) in [5.74, 6) is -1.25. The summed E-state index contributed by atoms with van der Waals surface area (Å²) < 4.78 is 42.9. The number of amides is 2. The number of hydrogen-bond donors (Lipinski definition) is 1. The normalized spacial score (nSPS) is 14.7. The molecule has 0 saturated heterocycles. The highest BCUT2D eigenvalue weighted by Crippen LogP contribution is 2.29. The summed E-state index contributed by atoms with van der Waals surface area (Å²) in [5.41, 5.74) is 3.46. The lowest BCUT2D eigenvalue weighted by atomic mass is 9.95. The minimum Gasteiger partial charge on any atom is -0.352 e. The van der Waals surface area contributed by atoms with E-state index in [4.69, 9.17) is 0 Å². The van der Waals surface area contributed by atoms with E-state index in [2.05, 4.69) is 5.32 Å². The smallest absolute Gasteiger partial charge is 0.264 e. The Morgan fingerprint density at radius 3 is 2.17 bits per heavy atom. The molecule has 4 rings (SSSR count). The van der Waals surface area contributed by atoms with Crippen LogP contribution < -0.4 is 9.62 Å². The van der Waals surface area contributed by atoms with Crippen LogP contribution in [0.5, 0.6) is 0 Å². The van der Waals surface area contributed by atoms with E-state index in [0.29, 0.717) is 16.8 Å². The second kappa shape index (κ2) is 13.5. The van der Waals surface area contributed by atoms with Crippen LogP contribution in [0.1, 0.15) is 61.3 Å². The second-order valence-corrected chi connectivity index (χ2v) is 13.1. The Morgan fingerprint density at radius 2 is 1.52 bits per heavy atom. The number of carbonyl (C=O) groups excluding carboxylic acids is 2. The standard InChI is InChI=1S/C33H40FN3O4S/c1-23-11-18-30(19-12-23)42(40,41)37(31-20-24(2)10-13-25(31)3)22-32(38)36(21-27-14-16-28(34)17-15-27)26(4)33(39)35-29-8-6-5-7-9-29/h10-20,26,29H,5-9,21-22H2,1-4H3,(H,35,39). The zero-order valence-electron chi connectivity index (χ0n) is 24.8. The molecule has 0 heterocycles. The van der Waals surface area contributed by atoms with Gasteiger partial charge in [-0.2, -0.15) is 0 Å². The Labute approximate surface area is 248 Å². The Morgan fingerprint density at radius 1 is 0.905 bits per heavy atom. The van der Waals surface area contributed by atoms with Gasteiger partial charge in [0.05, 0.1) is 10.6 Å². The molecule has 0 radical (unpaired) electrons. The number of carbonyl (C=O) groups is 2. The molecule has 1 unspecified atom stereocenters. The Kier molecular flexibility index (Phi) is 10.0. The fraction of sp³-hybridized carbons (Fsp3) is 0.394. The Balaban J connectivity index is 1.70. The molecular weight excluding hydrogens is 553 g/mol. The minimum absolute atomic E-state index is 0.0174. The molecule has 0 aromatic heterocycles. The predicted octanol–water partition coefficient (Wildman–Crippen LogP) is 5.81. The zero-order chi connectivity index (χ0) is 30.4. The van der Waals surface area contributed by atoms with E-state index in [1.807, 2.05) is 26.0 Å². The maximum absolute atomic E-state index is 14.1. The molecule has 1 saturated carbocycles. The van der Waals surface area contributed by atoms with Crippen LogP contribution in [-0.4, -0.2) is 43.8 Å². The van der Waals surface area contributed by atoms with Crippen LogP contribution in [0.3, 0.4) is 0 Å². The average Bonchev–Trinajstić information content (AvgIpc) is 2.97. The van der Waals surface area contributed by atoms with E-state index in [9.17, 15) is 22.4 Å². The summed E-state index contributed by atoms with van der Waals surface area (Å²) >= 11 is 0. The van der Waals surface area contributed by atoms with Crippen molar-refractivity contribution in [3.05, 3.63) is 94.8 Å². The van der Waals surface area contributed by atoms with Crippen molar-refractivity contribution in [2.24, 2.45) is 0 Å². The number of halogens is 1. The molecule has 1 fully saturated rings. The third-order valence-electron chi connectivity index (χ3n) is 7.91. The van der Waals surface area contributed by atoms with Crippen molar-refractivity contribution in [2.45, 2.75) is 83.3 Å². The van der Waals surface area contributed by atoms with Crippen molar-refractivity contribution in [1.29, 1.82) is 0 Å². The van der Waals surface area contributed by atoms with Crippen LogP contribution >= 0.6 is 0 Å². The molecule has 224 valence electrons. The van der Waals surface area contributed by atoms with Gasteiger partial charge in [0, 0.05) is 12.6 Å². The molecular formula is C33H40FN3O4S. The molecule has 0 spiro atoms. The topological polar surface area (TPSA) is 86.8 Å². The first-order valence-electron chi connectivity index (χ1n) is 14.5. The summed E-state index contributed by atoms with van der Waals surface area (Å²) in [6, 6.07) is 16.8. The van der Waals surface area contributed by atoms with Crippen molar-refractivity contribution < 1.29 is 22.4 Å². The fourth-order valence-corrected chi connectivity index (χ4v) is 6.75. The van der Waals surface area contributed by atoms with E-state index in [-0.39, 0.29) is 23.4 Å². The van der Waals surface area contributed by atoms with Crippen molar-refractivity contribution in [1.82, 2.24) is 10.2 Å². The first kappa shape index (κ1) is 31.2. The molecule has 1 N–H and O–H groups in total. The fourth-order valence-electron chi connectivity index (χ4n) is 5.28. The van der Waals surface area contributed by atoms with Gasteiger partial charge >= 0.3 is 0 Å². The highest BCUT2D eigenvalue weighted by atomic mass is 32.2. The van der Waals surface area contributed by atoms with Gasteiger partial charge in [0.15, 0.2) is 0 Å². The highest BCUT2D eigenvalue weighted by molar-refractivity contribution is 7.92. The number of hydrogen-bond acceptors (Lipinski definition) is 4. The predicted molar refractivity (Wildman–Crippen MR) is 163 cm³/mol. The Hall–Kier alpha value is -3.72. The lowest BCUT2D eigenvalue weighted by Gasteiger charge is -2.33. The number of anilines is 1. The van der Waals surface area contributed by atoms with Crippen molar-refractivity contribution >= 4 is 27.5 Å². The quantitative estimate of drug-likeness (QED) is 0.321. The molecule has 1 aliphatic carbocycles. The van der Waals surface area contributed by atoms with Crippen LogP contribution in [0.2, 0.25) is 0 Å². The maximum atomic E-state index is 14.1. The molecule has 3 aromatic carbocycles. The average molecular weight is 594 g/mol. The lowest BCUT2D eigenvalue weighted by molar-refractivity contribution is -0.139. The van der Waals surface area contributed by atoms with Crippen molar-refractivity contribution in [3.63, 3.8) is 0 Å². The number of nitrogens with one attached hydrogen (secondary N) is 1. The summed E-state index contributed by atoms with van der Waals surface area (Å²) in [6.07, 6.45) is 5.00. The van der Waals surface area contributed by atoms with Gasteiger partial charge in [-0.25, -0.2) is 12.8 Å². The number of rotatable bonds is 10. The molecule has 0 bridgehead atoms. The summed E-state index contributed by atoms with van der Waals surface area (Å²) in [4.78, 5) is 29.0. The van der Waals surface area contributed by atoms with Crippen LogP contribution in [0, 0.1) is 26.6 Å². The molecule has 7 nitrogen and oxygen atoms in total. The minimum atomic E-state index is -4.15. The summed E-state index contributed by atoms with van der Waals surface area (Å²) in [6.45, 7) is 6.69. The third kappa shape index (κ3) is 7.56. The molecule has 1 aliphatic rings. The number of aryl methyl sites for hydroxylation is 3. The molecule has 2 amide bonds. The van der Waals surface area contributed by atoms with Crippen LogP contribution in [-0.2, 0) is 26.2 Å². The number of benzene rings is 3. The first-order chi connectivity index (χ1) is 20.0. The van der Waals surface area contributed by atoms with E-state index < -0.39 is 34.3 Å². The van der Waals surface area contributed by atoms with Crippen LogP contribution in [0.15, 0.2) is 71.6 Å². The maximum Gasteiger partial charge on any atom is 0.264 e. The summed E-state index contributed by atoms with van der Waals surface area (Å²) in [7, 11) is -4.15. The highest BCUT2D eigenvalue weighted by Gasteiger charge is 2.33. The molecule has 1 atom stereocenters. The number of nitrogens with zero attached hydrogens (tertiary/aromatic N) is 2. The monoisotopic (exact) mass is 593 g/mol. The van der Waals surface area contributed by atoms with Crippen LogP contribution in [0.4, 0.5) is 10.1 Å². The molecule has 3 aromatic rings. The van der Waals surface area contributed by atoms with E-state index >= 15 is 0 Å². The van der Waals surface area contributed by atoms with Gasteiger partial charge in [0.2, 0.25) is 11.8 Å². The van der Waals surface area contributed by atoms with Crippen LogP contribution in [0.25, 0.3) is 0 Å². The lowest BCUT2D eigenvalue weighted by Crippen LogP contribution is -2.53. The van der Waals surface area contributed by atoms with Gasteiger partial charge in [0.25, 0.3) is 10.0 Å². The Bertz CT molecular complexity index is 1500. The van der Waals surface area contributed by atoms with Gasteiger partial charge < -0.3 is 10.2 Å². The van der Waals surface area contributed by atoms with Gasteiger partial charge in [-0.05, 0) is 87.6 Å². The van der Waals surface area contributed by atoms with Crippen molar-refractivity contribution in [2.75, 3.05) is 10.8 Å². The van der Waals surface area contributed by atoms with E-state index in [0.717, 1.165) is 47.5 Å². The van der Waals surface area contributed by atoms with E-state index in [1.165, 1.54) is 29.2 Å². The largest absolute Gasteiger partial charge is 0.352 e. The first-order valence-corrected chi connectivity index (χ1v) is 15.9. The van der Waals surface area contributed by atoms with Gasteiger partial charge in [-0.15, -0.1) is 0 Å². The van der Waals surface area contributed by atoms with E-state index in [1.54, 1.807) is 44.2 Å². The number of sulfonamides is 1.